The number of amides is 1. The molecule has 0 aliphatic carbocycles. The van der Waals surface area contributed by atoms with Gasteiger partial charge in [-0.05, 0) is 36.1 Å². The Kier molecular flexibility index (Phi) is 7.13. The van der Waals surface area contributed by atoms with Crippen molar-refractivity contribution in [3.63, 3.8) is 0 Å². The molecule has 1 heterocycles. The van der Waals surface area contributed by atoms with Gasteiger partial charge in [0.15, 0.2) is 11.1 Å². The number of carbonyl (C=O) groups is 1. The molecular formula is C20H22FNO5S. The lowest BCUT2D eigenvalue weighted by Gasteiger charge is -2.38. The molecule has 0 aromatic heterocycles. The van der Waals surface area contributed by atoms with Gasteiger partial charge >= 0.3 is 6.09 Å². The Hall–Kier alpha value is -2.29. The first-order chi connectivity index (χ1) is 13.5. The molecule has 0 saturated carbocycles. The summed E-state index contributed by atoms with van der Waals surface area (Å²) in [6.45, 7) is 0.536. The van der Waals surface area contributed by atoms with E-state index in [-0.39, 0.29) is 30.5 Å². The average Bonchev–Trinajstić information content (AvgIpc) is 2.71. The second-order valence-electron chi connectivity index (χ2n) is 6.55. The maximum atomic E-state index is 13.3. The highest BCUT2D eigenvalue weighted by atomic mass is 32.2. The van der Waals surface area contributed by atoms with Crippen LogP contribution >= 0.6 is 0 Å². The number of ether oxygens (including phenoxy) is 2. The van der Waals surface area contributed by atoms with Crippen LogP contribution in [0.1, 0.15) is 30.0 Å². The van der Waals surface area contributed by atoms with Crippen LogP contribution in [0.5, 0.6) is 0 Å². The van der Waals surface area contributed by atoms with E-state index in [1.165, 1.54) is 12.1 Å². The quantitative estimate of drug-likeness (QED) is 0.736. The van der Waals surface area contributed by atoms with Gasteiger partial charge in [-0.25, -0.2) is 13.4 Å². The molecule has 1 N–H and O–H groups in total. The molecule has 1 amide bonds. The van der Waals surface area contributed by atoms with Crippen LogP contribution in [-0.4, -0.2) is 38.3 Å². The molecule has 0 radical (unpaired) electrons. The lowest BCUT2D eigenvalue weighted by atomic mass is 9.93. The number of likely N-dealkylation sites (tertiary alicyclic amines) is 1. The molecule has 2 aromatic rings. The van der Waals surface area contributed by atoms with Gasteiger partial charge in [0, 0.05) is 6.54 Å². The number of halogens is 1. The highest BCUT2D eigenvalue weighted by molar-refractivity contribution is 7.79. The standard InChI is InChI=1S/C20H22FNO5S/c21-17-8-6-16(7-9-17)19-12-18(27-14-28(24)25)10-11-22(19)20(23)26-13-15-4-2-1-3-5-15/h1-9,18-19H,10-14H2,(H,24,25). The predicted octanol–water partition coefficient (Wildman–Crippen LogP) is 3.86. The van der Waals surface area contributed by atoms with Crippen molar-refractivity contribution < 1.29 is 27.4 Å². The molecule has 3 atom stereocenters. The highest BCUT2D eigenvalue weighted by Gasteiger charge is 2.34. The monoisotopic (exact) mass is 407 g/mol. The SMILES string of the molecule is O=C(OCc1ccccc1)N1CCC(OCS(=O)O)CC1c1ccc(F)cc1. The summed E-state index contributed by atoms with van der Waals surface area (Å²) in [5, 5.41) is 0. The van der Waals surface area contributed by atoms with Gasteiger partial charge in [-0.2, -0.15) is 0 Å². The average molecular weight is 407 g/mol. The first-order valence-electron chi connectivity index (χ1n) is 8.95. The third kappa shape index (κ3) is 5.60. The fourth-order valence-electron chi connectivity index (χ4n) is 3.26. The Balaban J connectivity index is 1.70. The molecule has 0 bridgehead atoms. The first-order valence-corrected chi connectivity index (χ1v) is 10.2. The van der Waals surface area contributed by atoms with Crippen molar-refractivity contribution >= 4 is 17.2 Å². The summed E-state index contributed by atoms with van der Waals surface area (Å²) >= 11 is -2.04. The number of rotatable bonds is 6. The van der Waals surface area contributed by atoms with Crippen molar-refractivity contribution in [2.45, 2.75) is 31.6 Å². The number of piperidine rings is 1. The van der Waals surface area contributed by atoms with E-state index in [0.717, 1.165) is 11.1 Å². The van der Waals surface area contributed by atoms with Crippen molar-refractivity contribution in [3.8, 4) is 0 Å². The molecular weight excluding hydrogens is 385 g/mol. The maximum absolute atomic E-state index is 13.3. The van der Waals surface area contributed by atoms with Gasteiger partial charge in [0.1, 0.15) is 18.4 Å². The third-order valence-corrected chi connectivity index (χ3v) is 4.99. The number of benzene rings is 2. The highest BCUT2D eigenvalue weighted by Crippen LogP contribution is 2.33. The minimum Gasteiger partial charge on any atom is -0.445 e. The van der Waals surface area contributed by atoms with E-state index in [0.29, 0.717) is 19.4 Å². The van der Waals surface area contributed by atoms with Crippen LogP contribution in [0, 0.1) is 5.82 Å². The summed E-state index contributed by atoms with van der Waals surface area (Å²) in [5.41, 5.74) is 1.65. The van der Waals surface area contributed by atoms with E-state index < -0.39 is 17.2 Å². The van der Waals surface area contributed by atoms with E-state index in [9.17, 15) is 13.4 Å². The van der Waals surface area contributed by atoms with Gasteiger partial charge in [0.05, 0.1) is 12.1 Å². The minimum absolute atomic E-state index is 0.162. The van der Waals surface area contributed by atoms with Gasteiger partial charge in [-0.3, -0.25) is 0 Å². The Morgan fingerprint density at radius 2 is 1.89 bits per heavy atom. The van der Waals surface area contributed by atoms with Crippen LogP contribution in [0.25, 0.3) is 0 Å². The molecule has 3 rings (SSSR count). The molecule has 150 valence electrons. The van der Waals surface area contributed by atoms with Gasteiger partial charge in [0.2, 0.25) is 0 Å². The van der Waals surface area contributed by atoms with Gasteiger partial charge in [0.25, 0.3) is 0 Å². The molecule has 8 heteroatoms. The lowest BCUT2D eigenvalue weighted by molar-refractivity contribution is -0.00211. The normalized spacial score (nSPS) is 20.6. The van der Waals surface area contributed by atoms with Crippen LogP contribution in [0.3, 0.4) is 0 Å². The van der Waals surface area contributed by atoms with E-state index in [2.05, 4.69) is 0 Å². The zero-order valence-corrected chi connectivity index (χ0v) is 16.0. The van der Waals surface area contributed by atoms with Gasteiger partial charge in [-0.1, -0.05) is 42.5 Å². The molecule has 1 saturated heterocycles. The first kappa shape index (κ1) is 20.4. The van der Waals surface area contributed by atoms with E-state index in [4.69, 9.17) is 14.0 Å². The lowest BCUT2D eigenvalue weighted by Crippen LogP contribution is -2.43. The zero-order chi connectivity index (χ0) is 19.9. The van der Waals surface area contributed by atoms with Crippen LogP contribution in [0.15, 0.2) is 54.6 Å². The Morgan fingerprint density at radius 3 is 2.57 bits per heavy atom. The second-order valence-corrected chi connectivity index (χ2v) is 7.43. The molecule has 1 aliphatic heterocycles. The molecule has 1 aliphatic rings. The minimum atomic E-state index is -2.04. The summed E-state index contributed by atoms with van der Waals surface area (Å²) in [4.78, 5) is 14.3. The van der Waals surface area contributed by atoms with E-state index in [1.54, 1.807) is 17.0 Å². The van der Waals surface area contributed by atoms with E-state index in [1.807, 2.05) is 30.3 Å². The predicted molar refractivity (Wildman–Crippen MR) is 102 cm³/mol. The Labute approximate surface area is 165 Å². The third-order valence-electron chi connectivity index (χ3n) is 4.65. The topological polar surface area (TPSA) is 76.1 Å². The summed E-state index contributed by atoms with van der Waals surface area (Å²) in [5.74, 6) is -0.638. The second kappa shape index (κ2) is 9.77. The smallest absolute Gasteiger partial charge is 0.410 e. The molecule has 1 fully saturated rings. The van der Waals surface area contributed by atoms with Crippen LogP contribution in [0.4, 0.5) is 9.18 Å². The van der Waals surface area contributed by atoms with Crippen molar-refractivity contribution in [1.82, 2.24) is 4.90 Å². The number of carbonyl (C=O) groups excluding carboxylic acids is 1. The van der Waals surface area contributed by atoms with E-state index >= 15 is 0 Å². The van der Waals surface area contributed by atoms with Crippen molar-refractivity contribution in [3.05, 3.63) is 71.5 Å². The fraction of sp³-hybridized carbons (Fsp3) is 0.350. The number of hydrogen-bond acceptors (Lipinski definition) is 4. The molecule has 28 heavy (non-hydrogen) atoms. The van der Waals surface area contributed by atoms with Gasteiger partial charge < -0.3 is 18.9 Å². The Morgan fingerprint density at radius 1 is 1.18 bits per heavy atom. The van der Waals surface area contributed by atoms with Crippen LogP contribution in [-0.2, 0) is 27.2 Å². The molecule has 3 unspecified atom stereocenters. The summed E-state index contributed by atoms with van der Waals surface area (Å²) in [6, 6.07) is 15.0. The largest absolute Gasteiger partial charge is 0.445 e. The number of nitrogens with zero attached hydrogens (tertiary/aromatic N) is 1. The summed E-state index contributed by atoms with van der Waals surface area (Å²) in [7, 11) is 0. The van der Waals surface area contributed by atoms with Gasteiger partial charge in [-0.15, -0.1) is 0 Å². The van der Waals surface area contributed by atoms with Crippen molar-refractivity contribution in [2.24, 2.45) is 0 Å². The summed E-state index contributed by atoms with van der Waals surface area (Å²) < 4.78 is 44.1. The van der Waals surface area contributed by atoms with Crippen molar-refractivity contribution in [1.29, 1.82) is 0 Å². The fourth-order valence-corrected chi connectivity index (χ4v) is 3.57. The summed E-state index contributed by atoms with van der Waals surface area (Å²) in [6.07, 6.45) is 0.227. The van der Waals surface area contributed by atoms with Crippen LogP contribution in [0.2, 0.25) is 0 Å². The molecule has 2 aromatic carbocycles. The number of hydrogen-bond donors (Lipinski definition) is 1. The zero-order valence-electron chi connectivity index (χ0n) is 15.2. The Bertz CT molecular complexity index is 802. The molecule has 0 spiro atoms. The van der Waals surface area contributed by atoms with Crippen molar-refractivity contribution in [2.75, 3.05) is 12.5 Å². The van der Waals surface area contributed by atoms with Crippen LogP contribution < -0.4 is 0 Å². The molecule has 6 nitrogen and oxygen atoms in total. The maximum Gasteiger partial charge on any atom is 0.410 e.